The number of benzene rings is 2. The number of nitrogens with one attached hydrogen (secondary N) is 2. The summed E-state index contributed by atoms with van der Waals surface area (Å²) in [7, 11) is 0. The summed E-state index contributed by atoms with van der Waals surface area (Å²) in [6, 6.07) is 13.3. The molecule has 1 aliphatic heterocycles. The predicted molar refractivity (Wildman–Crippen MR) is 98.7 cm³/mol. The van der Waals surface area contributed by atoms with Gasteiger partial charge in [0.1, 0.15) is 6.04 Å². The van der Waals surface area contributed by atoms with Crippen molar-refractivity contribution < 1.29 is 14.4 Å². The van der Waals surface area contributed by atoms with E-state index in [1.165, 1.54) is 0 Å². The van der Waals surface area contributed by atoms with Gasteiger partial charge in [-0.05, 0) is 30.7 Å². The van der Waals surface area contributed by atoms with Crippen molar-refractivity contribution in [3.8, 4) is 0 Å². The molecule has 1 heterocycles. The third kappa shape index (κ3) is 3.55. The first-order valence-corrected chi connectivity index (χ1v) is 8.62. The van der Waals surface area contributed by atoms with Gasteiger partial charge in [0.15, 0.2) is 0 Å². The quantitative estimate of drug-likeness (QED) is 0.808. The van der Waals surface area contributed by atoms with E-state index in [-0.39, 0.29) is 12.5 Å². The van der Waals surface area contributed by atoms with E-state index in [1.807, 2.05) is 19.1 Å². The summed E-state index contributed by atoms with van der Waals surface area (Å²) in [5.74, 6) is -1.88. The first-order chi connectivity index (χ1) is 12.5. The van der Waals surface area contributed by atoms with Crippen LogP contribution in [0.4, 0.5) is 5.69 Å². The summed E-state index contributed by atoms with van der Waals surface area (Å²) < 4.78 is 0. The molecular formula is C19H18ClN3O3. The molecule has 2 aromatic carbocycles. The fourth-order valence-corrected chi connectivity index (χ4v) is 3.04. The summed E-state index contributed by atoms with van der Waals surface area (Å²) in [5, 5.41) is 5.66. The Labute approximate surface area is 156 Å². The van der Waals surface area contributed by atoms with Crippen molar-refractivity contribution in [3.05, 3.63) is 64.7 Å². The molecular weight excluding hydrogens is 354 g/mol. The molecule has 0 spiro atoms. The topological polar surface area (TPSA) is 78.5 Å². The number of likely N-dealkylation sites (N-methyl/N-ethyl adjacent to an activating group) is 1. The van der Waals surface area contributed by atoms with Crippen LogP contribution in [-0.2, 0) is 20.9 Å². The van der Waals surface area contributed by atoms with E-state index in [1.54, 1.807) is 41.3 Å². The van der Waals surface area contributed by atoms with Gasteiger partial charge in [0, 0.05) is 29.4 Å². The van der Waals surface area contributed by atoms with E-state index >= 15 is 0 Å². The molecule has 1 atom stereocenters. The molecule has 0 aliphatic carbocycles. The highest BCUT2D eigenvalue weighted by Crippen LogP contribution is 2.35. The lowest BCUT2D eigenvalue weighted by Gasteiger charge is -2.15. The molecule has 0 bridgehead atoms. The van der Waals surface area contributed by atoms with Crippen LogP contribution in [0, 0.1) is 0 Å². The number of amides is 3. The van der Waals surface area contributed by atoms with E-state index in [0.717, 1.165) is 11.3 Å². The Kier molecular flexibility index (Phi) is 5.23. The number of carbonyl (C=O) groups excluding carboxylic acids is 3. The lowest BCUT2D eigenvalue weighted by Crippen LogP contribution is -2.44. The third-order valence-electron chi connectivity index (χ3n) is 4.22. The molecule has 7 heteroatoms. The number of nitrogens with zero attached hydrogens (tertiary/aromatic N) is 1. The number of fused-ring (bicyclic) bond motifs is 1. The smallest absolute Gasteiger partial charge is 0.310 e. The Morgan fingerprint density at radius 2 is 1.77 bits per heavy atom. The van der Waals surface area contributed by atoms with Crippen LogP contribution >= 0.6 is 11.6 Å². The number of anilines is 1. The third-order valence-corrected chi connectivity index (χ3v) is 4.47. The predicted octanol–water partition coefficient (Wildman–Crippen LogP) is 2.18. The minimum Gasteiger partial charge on any atom is -0.344 e. The van der Waals surface area contributed by atoms with E-state index in [0.29, 0.717) is 17.1 Å². The average molecular weight is 372 g/mol. The van der Waals surface area contributed by atoms with E-state index in [2.05, 4.69) is 10.6 Å². The number of carbonyl (C=O) groups is 3. The molecule has 3 amide bonds. The first-order valence-electron chi connectivity index (χ1n) is 8.24. The van der Waals surface area contributed by atoms with Gasteiger partial charge in [-0.2, -0.15) is 0 Å². The summed E-state index contributed by atoms with van der Waals surface area (Å²) in [4.78, 5) is 38.4. The van der Waals surface area contributed by atoms with Gasteiger partial charge in [-0.3, -0.25) is 14.4 Å². The van der Waals surface area contributed by atoms with E-state index in [9.17, 15) is 14.4 Å². The normalized spacial score (nSPS) is 15.5. The molecule has 2 aromatic rings. The van der Waals surface area contributed by atoms with Gasteiger partial charge in [-0.15, -0.1) is 0 Å². The maximum absolute atomic E-state index is 12.5. The molecule has 134 valence electrons. The van der Waals surface area contributed by atoms with Crippen LogP contribution in [0.2, 0.25) is 5.02 Å². The largest absolute Gasteiger partial charge is 0.344 e. The molecule has 0 fully saturated rings. The SMILES string of the molecule is CCN1C(=O)[C@@H](NC(=O)C(=O)NCc2ccc(Cl)cc2)c2ccccc21. The Balaban J connectivity index is 1.65. The van der Waals surface area contributed by atoms with Crippen molar-refractivity contribution in [1.82, 2.24) is 10.6 Å². The molecule has 0 saturated heterocycles. The maximum Gasteiger partial charge on any atom is 0.310 e. The maximum atomic E-state index is 12.5. The zero-order valence-corrected chi connectivity index (χ0v) is 14.9. The molecule has 2 N–H and O–H groups in total. The lowest BCUT2D eigenvalue weighted by atomic mass is 10.1. The highest BCUT2D eigenvalue weighted by Gasteiger charge is 2.37. The van der Waals surface area contributed by atoms with Gasteiger partial charge in [-0.25, -0.2) is 0 Å². The fraction of sp³-hybridized carbons (Fsp3) is 0.211. The molecule has 0 radical (unpaired) electrons. The second-order valence-corrected chi connectivity index (χ2v) is 6.29. The zero-order valence-electron chi connectivity index (χ0n) is 14.2. The van der Waals surface area contributed by atoms with Crippen LogP contribution in [0.25, 0.3) is 0 Å². The van der Waals surface area contributed by atoms with Crippen molar-refractivity contribution in [2.24, 2.45) is 0 Å². The monoisotopic (exact) mass is 371 g/mol. The zero-order chi connectivity index (χ0) is 18.7. The number of halogens is 1. The average Bonchev–Trinajstić information content (AvgIpc) is 2.92. The molecule has 6 nitrogen and oxygen atoms in total. The molecule has 1 aliphatic rings. The number of para-hydroxylation sites is 1. The van der Waals surface area contributed by atoms with Crippen molar-refractivity contribution in [2.75, 3.05) is 11.4 Å². The molecule has 0 saturated carbocycles. The summed E-state index contributed by atoms with van der Waals surface area (Å²) in [6.07, 6.45) is 0. The number of hydrogen-bond acceptors (Lipinski definition) is 3. The van der Waals surface area contributed by atoms with E-state index < -0.39 is 17.9 Å². The van der Waals surface area contributed by atoms with Gasteiger partial charge in [0.05, 0.1) is 0 Å². The first kappa shape index (κ1) is 17.9. The number of rotatable bonds is 4. The Bertz CT molecular complexity index is 851. The van der Waals surface area contributed by atoms with E-state index in [4.69, 9.17) is 11.6 Å². The molecule has 26 heavy (non-hydrogen) atoms. The van der Waals surface area contributed by atoms with Crippen LogP contribution in [0.3, 0.4) is 0 Å². The summed E-state index contributed by atoms with van der Waals surface area (Å²) in [5.41, 5.74) is 2.26. The van der Waals surface area contributed by atoms with Gasteiger partial charge >= 0.3 is 11.8 Å². The van der Waals surface area contributed by atoms with Crippen LogP contribution in [-0.4, -0.2) is 24.3 Å². The van der Waals surface area contributed by atoms with Crippen molar-refractivity contribution >= 4 is 35.0 Å². The standard InChI is InChI=1S/C19H18ClN3O3/c1-2-23-15-6-4-3-5-14(15)16(19(23)26)22-18(25)17(24)21-11-12-7-9-13(20)10-8-12/h3-10,16H,2,11H2,1H3,(H,21,24)(H,22,25)/t16-/m0/s1. The van der Waals surface area contributed by atoms with Crippen LogP contribution in [0.1, 0.15) is 24.1 Å². The second kappa shape index (κ2) is 7.58. The van der Waals surface area contributed by atoms with Gasteiger partial charge in [0.2, 0.25) is 0 Å². The minimum absolute atomic E-state index is 0.194. The molecule has 0 unspecified atom stereocenters. The van der Waals surface area contributed by atoms with Crippen molar-refractivity contribution in [2.45, 2.75) is 19.5 Å². The van der Waals surface area contributed by atoms with Crippen LogP contribution in [0.15, 0.2) is 48.5 Å². The van der Waals surface area contributed by atoms with Gasteiger partial charge in [0.25, 0.3) is 5.91 Å². The Morgan fingerprint density at radius 1 is 1.08 bits per heavy atom. The second-order valence-electron chi connectivity index (χ2n) is 5.86. The Morgan fingerprint density at radius 3 is 2.46 bits per heavy atom. The van der Waals surface area contributed by atoms with Gasteiger partial charge < -0.3 is 15.5 Å². The van der Waals surface area contributed by atoms with Gasteiger partial charge in [-0.1, -0.05) is 41.9 Å². The van der Waals surface area contributed by atoms with Crippen molar-refractivity contribution in [3.63, 3.8) is 0 Å². The van der Waals surface area contributed by atoms with Crippen molar-refractivity contribution in [1.29, 1.82) is 0 Å². The molecule has 0 aromatic heterocycles. The molecule has 3 rings (SSSR count). The lowest BCUT2D eigenvalue weighted by molar-refractivity contribution is -0.140. The Hall–Kier alpha value is -2.86. The summed E-state index contributed by atoms with van der Waals surface area (Å²) in [6.45, 7) is 2.54. The van der Waals surface area contributed by atoms with Crippen LogP contribution < -0.4 is 15.5 Å². The van der Waals surface area contributed by atoms with Crippen LogP contribution in [0.5, 0.6) is 0 Å². The highest BCUT2D eigenvalue weighted by molar-refractivity contribution is 6.35. The summed E-state index contributed by atoms with van der Waals surface area (Å²) >= 11 is 5.81. The fourth-order valence-electron chi connectivity index (χ4n) is 2.91. The minimum atomic E-state index is -0.847. The number of hydrogen-bond donors (Lipinski definition) is 2. The highest BCUT2D eigenvalue weighted by atomic mass is 35.5.